The molecule has 80 valence electrons. The molecule has 0 amide bonds. The third kappa shape index (κ3) is 2.83. The summed E-state index contributed by atoms with van der Waals surface area (Å²) >= 11 is 0. The van der Waals surface area contributed by atoms with Crippen LogP contribution in [0, 0.1) is 0 Å². The van der Waals surface area contributed by atoms with Gasteiger partial charge in [-0.15, -0.1) is 0 Å². The van der Waals surface area contributed by atoms with E-state index in [1.165, 1.54) is 11.3 Å². The summed E-state index contributed by atoms with van der Waals surface area (Å²) in [6.07, 6.45) is 2.16. The third-order valence-corrected chi connectivity index (χ3v) is 2.77. The van der Waals surface area contributed by atoms with Crippen molar-refractivity contribution in [3.8, 4) is 0 Å². The summed E-state index contributed by atoms with van der Waals surface area (Å²) < 4.78 is 0. The zero-order valence-corrected chi connectivity index (χ0v) is 9.24. The van der Waals surface area contributed by atoms with Gasteiger partial charge in [0.25, 0.3) is 0 Å². The molecule has 0 aliphatic carbocycles. The van der Waals surface area contributed by atoms with Gasteiger partial charge in [-0.1, -0.05) is 36.4 Å². The smallest absolute Gasteiger partial charge is 0.0382 e. The molecule has 1 heterocycles. The van der Waals surface area contributed by atoms with E-state index in [4.69, 9.17) is 0 Å². The molecule has 0 spiro atoms. The van der Waals surface area contributed by atoms with Crippen LogP contribution in [0.1, 0.15) is 12.5 Å². The van der Waals surface area contributed by atoms with E-state index in [2.05, 4.69) is 53.5 Å². The lowest BCUT2D eigenvalue weighted by Crippen LogP contribution is -2.41. The van der Waals surface area contributed by atoms with Gasteiger partial charge in [0.1, 0.15) is 0 Å². The number of benzene rings is 1. The first-order valence-corrected chi connectivity index (χ1v) is 5.54. The van der Waals surface area contributed by atoms with Crippen LogP contribution in [0.15, 0.2) is 42.1 Å². The summed E-state index contributed by atoms with van der Waals surface area (Å²) in [5.41, 5.74) is 2.74. The molecule has 0 bridgehead atoms. The van der Waals surface area contributed by atoms with E-state index in [9.17, 15) is 0 Å². The monoisotopic (exact) mass is 202 g/mol. The van der Waals surface area contributed by atoms with Gasteiger partial charge in [-0.25, -0.2) is 0 Å². The van der Waals surface area contributed by atoms with Crippen molar-refractivity contribution in [1.29, 1.82) is 0 Å². The second kappa shape index (κ2) is 4.99. The van der Waals surface area contributed by atoms with Crippen LogP contribution in [0.25, 0.3) is 0 Å². The van der Waals surface area contributed by atoms with Crippen LogP contribution in [0.5, 0.6) is 0 Å². The van der Waals surface area contributed by atoms with E-state index in [-0.39, 0.29) is 0 Å². The van der Waals surface area contributed by atoms with E-state index < -0.39 is 0 Å². The molecule has 15 heavy (non-hydrogen) atoms. The molecule has 2 nitrogen and oxygen atoms in total. The first-order valence-electron chi connectivity index (χ1n) is 5.54. The SMILES string of the molecule is CC=C1CN(Cc2ccccc2)CCN1. The topological polar surface area (TPSA) is 15.3 Å². The Hall–Kier alpha value is -1.28. The second-order valence-electron chi connectivity index (χ2n) is 3.94. The summed E-state index contributed by atoms with van der Waals surface area (Å²) in [6.45, 7) is 6.39. The Morgan fingerprint density at radius 3 is 2.87 bits per heavy atom. The van der Waals surface area contributed by atoms with Gasteiger partial charge in [0.2, 0.25) is 0 Å². The minimum absolute atomic E-state index is 1.05. The van der Waals surface area contributed by atoms with Gasteiger partial charge in [-0.05, 0) is 12.5 Å². The van der Waals surface area contributed by atoms with E-state index in [1.54, 1.807) is 0 Å². The lowest BCUT2D eigenvalue weighted by atomic mass is 10.2. The summed E-state index contributed by atoms with van der Waals surface area (Å²) in [5.74, 6) is 0. The van der Waals surface area contributed by atoms with Crippen molar-refractivity contribution in [3.63, 3.8) is 0 Å². The zero-order valence-electron chi connectivity index (χ0n) is 9.24. The maximum absolute atomic E-state index is 3.40. The minimum atomic E-state index is 1.05. The van der Waals surface area contributed by atoms with E-state index in [1.807, 2.05) is 0 Å². The Bertz CT molecular complexity index is 330. The van der Waals surface area contributed by atoms with Gasteiger partial charge in [0, 0.05) is 31.9 Å². The molecule has 1 aromatic carbocycles. The Kier molecular flexibility index (Phi) is 3.41. The van der Waals surface area contributed by atoms with Gasteiger partial charge in [-0.3, -0.25) is 4.90 Å². The molecule has 2 heteroatoms. The van der Waals surface area contributed by atoms with Crippen LogP contribution < -0.4 is 5.32 Å². The van der Waals surface area contributed by atoms with Crippen molar-refractivity contribution in [2.24, 2.45) is 0 Å². The van der Waals surface area contributed by atoms with Gasteiger partial charge in [0.05, 0.1) is 0 Å². The standard InChI is InChI=1S/C13H18N2/c1-2-13-11-15(9-8-14-13)10-12-6-4-3-5-7-12/h2-7,14H,8-11H2,1H3. The molecule has 0 aromatic heterocycles. The summed E-state index contributed by atoms with van der Waals surface area (Å²) in [5, 5.41) is 3.40. The van der Waals surface area contributed by atoms with Crippen molar-refractivity contribution < 1.29 is 0 Å². The number of piperazine rings is 1. The Balaban J connectivity index is 1.95. The average Bonchev–Trinajstić information content (AvgIpc) is 2.31. The summed E-state index contributed by atoms with van der Waals surface area (Å²) in [7, 11) is 0. The van der Waals surface area contributed by atoms with Crippen LogP contribution >= 0.6 is 0 Å². The van der Waals surface area contributed by atoms with Crippen molar-refractivity contribution >= 4 is 0 Å². The van der Waals surface area contributed by atoms with Crippen molar-refractivity contribution in [2.75, 3.05) is 19.6 Å². The number of rotatable bonds is 2. The largest absolute Gasteiger partial charge is 0.386 e. The fraction of sp³-hybridized carbons (Fsp3) is 0.385. The van der Waals surface area contributed by atoms with Crippen molar-refractivity contribution in [2.45, 2.75) is 13.5 Å². The van der Waals surface area contributed by atoms with Gasteiger partial charge < -0.3 is 5.32 Å². The summed E-state index contributed by atoms with van der Waals surface area (Å²) in [4.78, 5) is 2.47. The number of hydrogen-bond donors (Lipinski definition) is 1. The lowest BCUT2D eigenvalue weighted by molar-refractivity contribution is 0.258. The molecule has 1 fully saturated rings. The predicted molar refractivity (Wildman–Crippen MR) is 63.5 cm³/mol. The number of nitrogens with zero attached hydrogens (tertiary/aromatic N) is 1. The quantitative estimate of drug-likeness (QED) is 0.789. The van der Waals surface area contributed by atoms with Crippen molar-refractivity contribution in [3.05, 3.63) is 47.7 Å². The fourth-order valence-electron chi connectivity index (χ4n) is 1.92. The molecule has 0 saturated carbocycles. The molecular weight excluding hydrogens is 184 g/mol. The normalized spacial score (nSPS) is 20.2. The molecule has 1 N–H and O–H groups in total. The lowest BCUT2D eigenvalue weighted by Gasteiger charge is -2.29. The Labute approximate surface area is 91.6 Å². The van der Waals surface area contributed by atoms with Gasteiger partial charge in [-0.2, -0.15) is 0 Å². The van der Waals surface area contributed by atoms with Crippen LogP contribution in [0.4, 0.5) is 0 Å². The highest BCUT2D eigenvalue weighted by molar-refractivity contribution is 5.15. The molecule has 2 rings (SSSR count). The van der Waals surface area contributed by atoms with Crippen molar-refractivity contribution in [1.82, 2.24) is 10.2 Å². The van der Waals surface area contributed by atoms with E-state index in [0.717, 1.165) is 26.2 Å². The zero-order chi connectivity index (χ0) is 10.5. The van der Waals surface area contributed by atoms with Gasteiger partial charge in [0.15, 0.2) is 0 Å². The fourth-order valence-corrected chi connectivity index (χ4v) is 1.92. The van der Waals surface area contributed by atoms with Crippen LogP contribution in [-0.4, -0.2) is 24.5 Å². The number of nitrogens with one attached hydrogen (secondary N) is 1. The molecule has 1 aromatic rings. The molecule has 0 radical (unpaired) electrons. The van der Waals surface area contributed by atoms with Crippen LogP contribution in [0.3, 0.4) is 0 Å². The van der Waals surface area contributed by atoms with Crippen LogP contribution in [0.2, 0.25) is 0 Å². The highest BCUT2D eigenvalue weighted by Crippen LogP contribution is 2.08. The molecule has 1 aliphatic rings. The second-order valence-corrected chi connectivity index (χ2v) is 3.94. The molecule has 0 unspecified atom stereocenters. The predicted octanol–water partition coefficient (Wildman–Crippen LogP) is 2.00. The molecule has 1 saturated heterocycles. The Morgan fingerprint density at radius 1 is 1.33 bits per heavy atom. The highest BCUT2D eigenvalue weighted by atomic mass is 15.2. The van der Waals surface area contributed by atoms with Gasteiger partial charge >= 0.3 is 0 Å². The highest BCUT2D eigenvalue weighted by Gasteiger charge is 2.12. The number of allylic oxidation sites excluding steroid dienone is 1. The first kappa shape index (κ1) is 10.2. The van der Waals surface area contributed by atoms with E-state index in [0.29, 0.717) is 0 Å². The molecule has 1 aliphatic heterocycles. The number of hydrogen-bond acceptors (Lipinski definition) is 2. The minimum Gasteiger partial charge on any atom is -0.386 e. The first-order chi connectivity index (χ1) is 7.38. The van der Waals surface area contributed by atoms with E-state index >= 15 is 0 Å². The maximum atomic E-state index is 3.40. The molecule has 0 atom stereocenters. The van der Waals surface area contributed by atoms with Crippen LogP contribution in [-0.2, 0) is 6.54 Å². The maximum Gasteiger partial charge on any atom is 0.0382 e. The average molecular weight is 202 g/mol. The summed E-state index contributed by atoms with van der Waals surface area (Å²) in [6, 6.07) is 10.7. The molecular formula is C13H18N2. The Morgan fingerprint density at radius 2 is 2.13 bits per heavy atom. The third-order valence-electron chi connectivity index (χ3n) is 2.77.